The van der Waals surface area contributed by atoms with E-state index in [2.05, 4.69) is 37.3 Å². The maximum atomic E-state index is 12.0. The SMILES string of the molecule is CCOC(=O)c1sc(C(C)NC(=NC)NCCN2CCN(CC)CC2)nc1C.I. The number of nitrogens with zero attached hydrogens (tertiary/aromatic N) is 4. The van der Waals surface area contributed by atoms with Crippen molar-refractivity contribution in [3.63, 3.8) is 0 Å². The van der Waals surface area contributed by atoms with Crippen LogP contribution in [0.3, 0.4) is 0 Å². The molecule has 0 amide bonds. The molecule has 1 aliphatic rings. The molecule has 2 heterocycles. The molecule has 0 aromatic carbocycles. The molecule has 0 bridgehead atoms. The number of esters is 1. The van der Waals surface area contributed by atoms with Crippen LogP contribution in [0.25, 0.3) is 0 Å². The first kappa shape index (κ1) is 26.1. The fourth-order valence-electron chi connectivity index (χ4n) is 3.11. The van der Waals surface area contributed by atoms with Crippen LogP contribution >= 0.6 is 35.3 Å². The first-order valence-corrected chi connectivity index (χ1v) is 10.9. The number of aromatic nitrogens is 1. The number of thiazole rings is 1. The number of aliphatic imine (C=N–C) groups is 1. The summed E-state index contributed by atoms with van der Waals surface area (Å²) in [6.45, 7) is 15.7. The van der Waals surface area contributed by atoms with Crippen molar-refractivity contribution in [1.82, 2.24) is 25.4 Å². The van der Waals surface area contributed by atoms with E-state index in [-0.39, 0.29) is 36.0 Å². The highest BCUT2D eigenvalue weighted by Crippen LogP contribution is 2.24. The summed E-state index contributed by atoms with van der Waals surface area (Å²) in [7, 11) is 1.76. The molecule has 166 valence electrons. The average Bonchev–Trinajstić information content (AvgIpc) is 3.09. The summed E-state index contributed by atoms with van der Waals surface area (Å²) < 4.78 is 5.10. The quantitative estimate of drug-likeness (QED) is 0.227. The van der Waals surface area contributed by atoms with Gasteiger partial charge in [0.1, 0.15) is 9.88 Å². The second-order valence-electron chi connectivity index (χ2n) is 6.83. The summed E-state index contributed by atoms with van der Waals surface area (Å²) in [6, 6.07) is -0.0498. The van der Waals surface area contributed by atoms with Crippen LogP contribution in [-0.4, -0.2) is 86.2 Å². The molecule has 1 fully saturated rings. The largest absolute Gasteiger partial charge is 0.462 e. The molecule has 1 aromatic heterocycles. The predicted molar refractivity (Wildman–Crippen MR) is 130 cm³/mol. The predicted octanol–water partition coefficient (Wildman–Crippen LogP) is 2.11. The number of carbonyl (C=O) groups is 1. The lowest BCUT2D eigenvalue weighted by Gasteiger charge is -2.34. The molecule has 1 aliphatic heterocycles. The second-order valence-corrected chi connectivity index (χ2v) is 7.86. The summed E-state index contributed by atoms with van der Waals surface area (Å²) in [4.78, 5) is 26.4. The van der Waals surface area contributed by atoms with Crippen molar-refractivity contribution in [2.75, 3.05) is 59.5 Å². The lowest BCUT2D eigenvalue weighted by Crippen LogP contribution is -2.49. The molecule has 1 atom stereocenters. The second kappa shape index (κ2) is 13.3. The maximum absolute atomic E-state index is 12.0. The zero-order chi connectivity index (χ0) is 20.5. The number of hydrogen-bond acceptors (Lipinski definition) is 7. The number of aryl methyl sites for hydroxylation is 1. The highest BCUT2D eigenvalue weighted by atomic mass is 127. The molecule has 0 radical (unpaired) electrons. The standard InChI is InChI=1S/C19H34N6O2S.HI/c1-6-24-10-12-25(13-11-24)9-8-21-19(20-5)23-15(4)17-22-14(3)16(28-17)18(26)27-7-2;/h15H,6-13H2,1-5H3,(H2,20,21,23);1H. The molecule has 0 saturated carbocycles. The first-order valence-electron chi connectivity index (χ1n) is 10.0. The van der Waals surface area contributed by atoms with Crippen molar-refractivity contribution in [2.24, 2.45) is 4.99 Å². The zero-order valence-electron chi connectivity index (χ0n) is 18.2. The summed E-state index contributed by atoms with van der Waals surface area (Å²) in [5, 5.41) is 7.58. The molecule has 2 N–H and O–H groups in total. The van der Waals surface area contributed by atoms with E-state index in [1.807, 2.05) is 13.8 Å². The Labute approximate surface area is 195 Å². The monoisotopic (exact) mass is 538 g/mol. The lowest BCUT2D eigenvalue weighted by atomic mass is 10.3. The molecule has 1 aromatic rings. The van der Waals surface area contributed by atoms with E-state index in [9.17, 15) is 4.79 Å². The number of guanidine groups is 1. The van der Waals surface area contributed by atoms with Crippen LogP contribution in [0.1, 0.15) is 47.2 Å². The number of hydrogen-bond donors (Lipinski definition) is 2. The van der Waals surface area contributed by atoms with Gasteiger partial charge in [-0.05, 0) is 27.3 Å². The minimum absolute atomic E-state index is 0. The molecule has 0 aliphatic carbocycles. The Kier molecular flexibility index (Phi) is 12.0. The third kappa shape index (κ3) is 7.99. The Morgan fingerprint density at radius 3 is 2.52 bits per heavy atom. The fraction of sp³-hybridized carbons (Fsp3) is 0.737. The van der Waals surface area contributed by atoms with E-state index in [1.165, 1.54) is 11.3 Å². The van der Waals surface area contributed by atoms with Gasteiger partial charge in [-0.2, -0.15) is 0 Å². The van der Waals surface area contributed by atoms with E-state index in [1.54, 1.807) is 14.0 Å². The number of likely N-dealkylation sites (N-methyl/N-ethyl adjacent to an activating group) is 1. The molecular weight excluding hydrogens is 503 g/mol. The minimum atomic E-state index is -0.304. The minimum Gasteiger partial charge on any atom is -0.462 e. The van der Waals surface area contributed by atoms with Crippen LogP contribution in [0, 0.1) is 6.92 Å². The van der Waals surface area contributed by atoms with E-state index in [0.29, 0.717) is 17.2 Å². The Bertz CT molecular complexity index is 661. The summed E-state index contributed by atoms with van der Waals surface area (Å²) in [5.74, 6) is 0.437. The Hall–Kier alpha value is -0.980. The van der Waals surface area contributed by atoms with Crippen molar-refractivity contribution < 1.29 is 9.53 Å². The van der Waals surface area contributed by atoms with Gasteiger partial charge in [0.25, 0.3) is 0 Å². The van der Waals surface area contributed by atoms with Crippen molar-refractivity contribution >= 4 is 47.2 Å². The van der Waals surface area contributed by atoms with Gasteiger partial charge in [0.2, 0.25) is 0 Å². The van der Waals surface area contributed by atoms with Gasteiger partial charge >= 0.3 is 5.97 Å². The average molecular weight is 539 g/mol. The number of nitrogens with one attached hydrogen (secondary N) is 2. The van der Waals surface area contributed by atoms with Gasteiger partial charge in [-0.1, -0.05) is 6.92 Å². The van der Waals surface area contributed by atoms with Crippen molar-refractivity contribution in [1.29, 1.82) is 0 Å². The number of ether oxygens (including phenoxy) is 1. The fourth-order valence-corrected chi connectivity index (χ4v) is 4.07. The van der Waals surface area contributed by atoms with Gasteiger partial charge < -0.3 is 20.3 Å². The molecule has 1 saturated heterocycles. The number of piperazine rings is 1. The van der Waals surface area contributed by atoms with Crippen molar-refractivity contribution in [3.05, 3.63) is 15.6 Å². The van der Waals surface area contributed by atoms with Crippen molar-refractivity contribution in [3.8, 4) is 0 Å². The molecule has 10 heteroatoms. The van der Waals surface area contributed by atoms with Crippen LogP contribution in [0.15, 0.2) is 4.99 Å². The van der Waals surface area contributed by atoms with E-state index < -0.39 is 0 Å². The van der Waals surface area contributed by atoms with E-state index >= 15 is 0 Å². The molecule has 2 rings (SSSR count). The maximum Gasteiger partial charge on any atom is 0.350 e. The Morgan fingerprint density at radius 2 is 1.93 bits per heavy atom. The smallest absolute Gasteiger partial charge is 0.350 e. The molecule has 8 nitrogen and oxygen atoms in total. The number of rotatable bonds is 8. The van der Waals surface area contributed by atoms with Crippen LogP contribution in [-0.2, 0) is 4.74 Å². The van der Waals surface area contributed by atoms with Crippen LogP contribution in [0.2, 0.25) is 0 Å². The van der Waals surface area contributed by atoms with E-state index in [0.717, 1.165) is 56.8 Å². The molecular formula is C19H35IN6O2S. The molecule has 1 unspecified atom stereocenters. The van der Waals surface area contributed by atoms with Gasteiger partial charge in [0, 0.05) is 46.3 Å². The topological polar surface area (TPSA) is 82.1 Å². The van der Waals surface area contributed by atoms with Gasteiger partial charge in [-0.25, -0.2) is 9.78 Å². The summed E-state index contributed by atoms with van der Waals surface area (Å²) in [5.41, 5.74) is 0.710. The van der Waals surface area contributed by atoms with Crippen LogP contribution in [0.5, 0.6) is 0 Å². The third-order valence-corrected chi connectivity index (χ3v) is 6.17. The number of halogens is 1. The normalized spacial score (nSPS) is 16.8. The van der Waals surface area contributed by atoms with Gasteiger partial charge in [0.05, 0.1) is 18.3 Å². The van der Waals surface area contributed by atoms with Crippen LogP contribution in [0.4, 0.5) is 0 Å². The highest BCUT2D eigenvalue weighted by molar-refractivity contribution is 14.0. The van der Waals surface area contributed by atoms with Crippen molar-refractivity contribution in [2.45, 2.75) is 33.7 Å². The van der Waals surface area contributed by atoms with Gasteiger partial charge in [0.15, 0.2) is 5.96 Å². The van der Waals surface area contributed by atoms with Crippen LogP contribution < -0.4 is 10.6 Å². The van der Waals surface area contributed by atoms with Gasteiger partial charge in [-0.3, -0.25) is 9.89 Å². The molecule has 0 spiro atoms. The third-order valence-electron chi connectivity index (χ3n) is 4.85. The first-order chi connectivity index (χ1) is 13.5. The zero-order valence-corrected chi connectivity index (χ0v) is 21.3. The van der Waals surface area contributed by atoms with E-state index in [4.69, 9.17) is 4.74 Å². The Balaban J connectivity index is 0.00000420. The lowest BCUT2D eigenvalue weighted by molar-refractivity contribution is 0.0531. The van der Waals surface area contributed by atoms with Gasteiger partial charge in [-0.15, -0.1) is 35.3 Å². The highest BCUT2D eigenvalue weighted by Gasteiger charge is 2.20. The number of carbonyl (C=O) groups excluding carboxylic acids is 1. The summed E-state index contributed by atoms with van der Waals surface area (Å²) in [6.07, 6.45) is 0. The summed E-state index contributed by atoms with van der Waals surface area (Å²) >= 11 is 1.37. The molecule has 29 heavy (non-hydrogen) atoms. The Morgan fingerprint density at radius 1 is 1.28 bits per heavy atom.